The topological polar surface area (TPSA) is 84.2 Å². The fraction of sp³-hybridized carbons (Fsp3) is 0. The summed E-state index contributed by atoms with van der Waals surface area (Å²) in [4.78, 5) is -0.232. The number of nitrogen functional groups attached to an aromatic ring is 1. The summed E-state index contributed by atoms with van der Waals surface area (Å²) < 4.78 is 65.4. The standard InChI is InChI=1S/C12H10F3N3O2S/c13-7-5-10(14)12(11(15)6-7)18-21(19,20)9-3-1-8(17-16)2-4-9/h1-6,17-18H,16H2. The van der Waals surface area contributed by atoms with E-state index in [1.54, 1.807) is 4.72 Å². The van der Waals surface area contributed by atoms with Gasteiger partial charge in [0.2, 0.25) is 0 Å². The molecule has 0 unspecified atom stereocenters. The van der Waals surface area contributed by atoms with Gasteiger partial charge in [-0.3, -0.25) is 10.6 Å². The lowest BCUT2D eigenvalue weighted by Crippen LogP contribution is -2.15. The molecule has 21 heavy (non-hydrogen) atoms. The molecule has 4 N–H and O–H groups in total. The number of hydrogen-bond acceptors (Lipinski definition) is 4. The minimum Gasteiger partial charge on any atom is -0.324 e. The lowest BCUT2D eigenvalue weighted by Gasteiger charge is -2.10. The molecule has 0 heterocycles. The molecule has 0 amide bonds. The SMILES string of the molecule is NNc1ccc(S(=O)(=O)Nc2c(F)cc(F)cc2F)cc1. The molecule has 5 nitrogen and oxygen atoms in total. The highest BCUT2D eigenvalue weighted by Gasteiger charge is 2.20. The number of rotatable bonds is 4. The van der Waals surface area contributed by atoms with Gasteiger partial charge >= 0.3 is 0 Å². The van der Waals surface area contributed by atoms with Crippen molar-refractivity contribution in [3.05, 3.63) is 53.8 Å². The summed E-state index contributed by atoms with van der Waals surface area (Å²) in [6.07, 6.45) is 0. The van der Waals surface area contributed by atoms with E-state index < -0.39 is 33.2 Å². The molecule has 0 aliphatic heterocycles. The molecule has 0 atom stereocenters. The van der Waals surface area contributed by atoms with Crippen molar-refractivity contribution in [1.82, 2.24) is 0 Å². The molecule has 2 rings (SSSR count). The smallest absolute Gasteiger partial charge is 0.262 e. The Morgan fingerprint density at radius 2 is 1.48 bits per heavy atom. The van der Waals surface area contributed by atoms with E-state index in [1.165, 1.54) is 24.3 Å². The average molecular weight is 317 g/mol. The largest absolute Gasteiger partial charge is 0.324 e. The van der Waals surface area contributed by atoms with E-state index in [2.05, 4.69) is 5.43 Å². The van der Waals surface area contributed by atoms with Crippen molar-refractivity contribution in [3.63, 3.8) is 0 Å². The molecule has 0 aliphatic rings. The van der Waals surface area contributed by atoms with Crippen molar-refractivity contribution < 1.29 is 21.6 Å². The number of halogens is 3. The molecule has 0 spiro atoms. The summed E-state index contributed by atoms with van der Waals surface area (Å²) >= 11 is 0. The zero-order chi connectivity index (χ0) is 15.6. The number of benzene rings is 2. The third-order valence-electron chi connectivity index (χ3n) is 2.57. The van der Waals surface area contributed by atoms with E-state index in [4.69, 9.17) is 5.84 Å². The quantitative estimate of drug-likeness (QED) is 0.596. The molecule has 0 saturated carbocycles. The van der Waals surface area contributed by atoms with Crippen LogP contribution < -0.4 is 16.0 Å². The average Bonchev–Trinajstić information content (AvgIpc) is 2.43. The predicted octanol–water partition coefficient (Wildman–Crippen LogP) is 2.19. The molecular weight excluding hydrogens is 307 g/mol. The van der Waals surface area contributed by atoms with Crippen molar-refractivity contribution in [2.45, 2.75) is 4.90 Å². The van der Waals surface area contributed by atoms with Crippen LogP contribution >= 0.6 is 0 Å². The molecule has 2 aromatic carbocycles. The lowest BCUT2D eigenvalue weighted by atomic mass is 10.3. The molecule has 0 saturated heterocycles. The Balaban J connectivity index is 2.37. The lowest BCUT2D eigenvalue weighted by molar-refractivity contribution is 0.547. The highest BCUT2D eigenvalue weighted by Crippen LogP contribution is 2.24. The predicted molar refractivity (Wildman–Crippen MR) is 71.4 cm³/mol. The van der Waals surface area contributed by atoms with E-state index in [9.17, 15) is 21.6 Å². The third kappa shape index (κ3) is 3.26. The minimum atomic E-state index is -4.22. The Kier molecular flexibility index (Phi) is 4.05. The Morgan fingerprint density at radius 1 is 0.952 bits per heavy atom. The van der Waals surface area contributed by atoms with Gasteiger partial charge in [-0.1, -0.05) is 0 Å². The van der Waals surface area contributed by atoms with Gasteiger partial charge in [0, 0.05) is 17.8 Å². The third-order valence-corrected chi connectivity index (χ3v) is 3.94. The minimum absolute atomic E-state index is 0.232. The summed E-state index contributed by atoms with van der Waals surface area (Å²) in [5.74, 6) is 1.29. The molecular formula is C12H10F3N3O2S. The second kappa shape index (κ2) is 5.62. The number of hydrogen-bond donors (Lipinski definition) is 3. The van der Waals surface area contributed by atoms with Crippen LogP contribution in [0, 0.1) is 17.5 Å². The zero-order valence-corrected chi connectivity index (χ0v) is 11.2. The molecule has 0 fully saturated rings. The van der Waals surface area contributed by atoms with Crippen LogP contribution in [0.5, 0.6) is 0 Å². The van der Waals surface area contributed by atoms with E-state index in [0.717, 1.165) is 0 Å². The van der Waals surface area contributed by atoms with E-state index in [-0.39, 0.29) is 4.90 Å². The second-order valence-electron chi connectivity index (χ2n) is 4.02. The van der Waals surface area contributed by atoms with Crippen LogP contribution in [0.15, 0.2) is 41.3 Å². The molecule has 0 radical (unpaired) electrons. The highest BCUT2D eigenvalue weighted by molar-refractivity contribution is 7.92. The van der Waals surface area contributed by atoms with Gasteiger partial charge in [-0.25, -0.2) is 21.6 Å². The van der Waals surface area contributed by atoms with Gasteiger partial charge in [-0.05, 0) is 24.3 Å². The first-order chi connectivity index (χ1) is 9.83. The Labute approximate surface area is 118 Å². The van der Waals surface area contributed by atoms with Crippen molar-refractivity contribution in [3.8, 4) is 0 Å². The maximum atomic E-state index is 13.4. The van der Waals surface area contributed by atoms with Crippen LogP contribution in [0.1, 0.15) is 0 Å². The van der Waals surface area contributed by atoms with Crippen molar-refractivity contribution in [1.29, 1.82) is 0 Å². The van der Waals surface area contributed by atoms with Crippen LogP contribution in [0.4, 0.5) is 24.5 Å². The van der Waals surface area contributed by atoms with E-state index >= 15 is 0 Å². The zero-order valence-electron chi connectivity index (χ0n) is 10.4. The number of sulfonamides is 1. The first kappa shape index (κ1) is 15.1. The molecule has 2 aromatic rings. The molecule has 0 aliphatic carbocycles. The highest BCUT2D eigenvalue weighted by atomic mass is 32.2. The maximum absolute atomic E-state index is 13.4. The summed E-state index contributed by atoms with van der Waals surface area (Å²) in [7, 11) is -4.22. The first-order valence-corrected chi connectivity index (χ1v) is 7.06. The van der Waals surface area contributed by atoms with Gasteiger partial charge in [0.15, 0.2) is 11.6 Å². The van der Waals surface area contributed by atoms with Gasteiger partial charge in [0.05, 0.1) is 4.90 Å². The van der Waals surface area contributed by atoms with Gasteiger partial charge in [-0.2, -0.15) is 0 Å². The Bertz CT molecular complexity index is 741. The van der Waals surface area contributed by atoms with Gasteiger partial charge in [0.1, 0.15) is 11.5 Å². The summed E-state index contributed by atoms with van der Waals surface area (Å²) in [6.45, 7) is 0. The number of nitrogens with two attached hydrogens (primary N) is 1. The van der Waals surface area contributed by atoms with Crippen LogP contribution in [-0.2, 0) is 10.0 Å². The van der Waals surface area contributed by atoms with Gasteiger partial charge in [-0.15, -0.1) is 0 Å². The number of anilines is 2. The Hall–Kier alpha value is -2.26. The molecule has 9 heteroatoms. The summed E-state index contributed by atoms with van der Waals surface area (Å²) in [6, 6.07) is 5.87. The van der Waals surface area contributed by atoms with Crippen molar-refractivity contribution in [2.24, 2.45) is 5.84 Å². The van der Waals surface area contributed by atoms with Gasteiger partial charge in [0.25, 0.3) is 10.0 Å². The van der Waals surface area contributed by atoms with Crippen molar-refractivity contribution >= 4 is 21.4 Å². The summed E-state index contributed by atoms with van der Waals surface area (Å²) in [5.41, 5.74) is 1.81. The monoisotopic (exact) mass is 317 g/mol. The normalized spacial score (nSPS) is 11.2. The second-order valence-corrected chi connectivity index (χ2v) is 5.70. The summed E-state index contributed by atoms with van der Waals surface area (Å²) in [5, 5.41) is 0. The van der Waals surface area contributed by atoms with Crippen LogP contribution in [0.25, 0.3) is 0 Å². The van der Waals surface area contributed by atoms with Crippen molar-refractivity contribution in [2.75, 3.05) is 10.1 Å². The molecule has 0 aromatic heterocycles. The fourth-order valence-electron chi connectivity index (χ4n) is 1.56. The van der Waals surface area contributed by atoms with Gasteiger partial charge < -0.3 is 5.43 Å². The fourth-order valence-corrected chi connectivity index (χ4v) is 2.64. The van der Waals surface area contributed by atoms with E-state index in [1.807, 2.05) is 0 Å². The maximum Gasteiger partial charge on any atom is 0.262 e. The van der Waals surface area contributed by atoms with Crippen LogP contribution in [-0.4, -0.2) is 8.42 Å². The number of hydrazine groups is 1. The van der Waals surface area contributed by atoms with Crippen LogP contribution in [0.2, 0.25) is 0 Å². The Morgan fingerprint density at radius 3 is 1.95 bits per heavy atom. The van der Waals surface area contributed by atoms with E-state index in [0.29, 0.717) is 17.8 Å². The number of nitrogens with one attached hydrogen (secondary N) is 2. The molecule has 0 bridgehead atoms. The molecule has 112 valence electrons. The van der Waals surface area contributed by atoms with Crippen LogP contribution in [0.3, 0.4) is 0 Å². The first-order valence-electron chi connectivity index (χ1n) is 5.57.